The van der Waals surface area contributed by atoms with Crippen LogP contribution in [0.4, 0.5) is 52.0 Å². The van der Waals surface area contributed by atoms with Crippen LogP contribution >= 0.6 is 0 Å². The van der Waals surface area contributed by atoms with Gasteiger partial charge in [-0.2, -0.15) is 28.8 Å². The molecular formula is C71H89N19O12. The highest BCUT2D eigenvalue weighted by Gasteiger charge is 2.36. The smallest absolute Gasteiger partial charge is 0.274 e. The van der Waals surface area contributed by atoms with Gasteiger partial charge in [-0.3, -0.25) is 28.8 Å². The molecule has 0 aromatic carbocycles. The lowest BCUT2D eigenvalue weighted by atomic mass is 9.78. The average Bonchev–Trinajstić information content (AvgIpc) is 1.61. The summed E-state index contributed by atoms with van der Waals surface area (Å²) >= 11 is 0. The fourth-order valence-electron chi connectivity index (χ4n) is 14.1. The highest BCUT2D eigenvalue weighted by atomic mass is 16.5. The van der Waals surface area contributed by atoms with Gasteiger partial charge in [0.15, 0.2) is 28.5 Å². The maximum absolute atomic E-state index is 13.2. The molecule has 102 heavy (non-hydrogen) atoms. The molecule has 31 heteroatoms. The van der Waals surface area contributed by atoms with Crippen LogP contribution in [0, 0.1) is 11.8 Å². The fraction of sp³-hybridized carbons (Fsp3) is 0.493. The van der Waals surface area contributed by atoms with Gasteiger partial charge in [-0.1, -0.05) is 0 Å². The van der Waals surface area contributed by atoms with E-state index in [-0.39, 0.29) is 88.5 Å². The molecule has 0 spiro atoms. The van der Waals surface area contributed by atoms with Gasteiger partial charge >= 0.3 is 0 Å². The monoisotopic (exact) mass is 1400 g/mol. The van der Waals surface area contributed by atoms with Crippen LogP contribution in [-0.2, 0) is 28.4 Å². The Morgan fingerprint density at radius 1 is 0.471 bits per heavy atom. The standard InChI is InChI=1S/2C24H30N6O4.C23H29N7O4/c2*1-25-22-12-21(27-18-6-3-9-29(24(18)32)16-5-4-10-34-14-16)28-23-17(13-26-30(22)23)19(31)11-15-7-8-20(15)33-2;1-24-20-11-19(26-17-6-3-9-29(23(17)32)14-5-4-10-34-13-14)28-21-15(12-25-30(20)21)22(31)27-16-7-8-18(16)33-2/h2*3,6,9,12-13,15-16,20,25H,4-5,7-8,10-11,14H2,1-2H3,(H,27,28);3,6,9,11-12,14,16,18,24H,4-5,7-8,10,13H2,1-2H3,(H,26,28)(H,27,31)/t2*15-,16+,20+;14-,16+,18+/m001/s1. The first-order valence-corrected chi connectivity index (χ1v) is 35.1. The number of aromatic nitrogens is 12. The van der Waals surface area contributed by atoms with Crippen LogP contribution < -0.4 is 53.9 Å². The van der Waals surface area contributed by atoms with Gasteiger partial charge in [0, 0.05) is 112 Å². The van der Waals surface area contributed by atoms with Crippen LogP contribution in [0.5, 0.6) is 0 Å². The number of ether oxygens (including phenoxy) is 6. The molecule has 540 valence electrons. The molecule has 7 N–H and O–H groups in total. The Morgan fingerprint density at radius 3 is 1.13 bits per heavy atom. The molecule has 3 saturated carbocycles. The normalized spacial score (nSPS) is 22.3. The number of pyridine rings is 3. The van der Waals surface area contributed by atoms with E-state index in [4.69, 9.17) is 28.4 Å². The zero-order valence-corrected chi connectivity index (χ0v) is 58.3. The van der Waals surface area contributed by atoms with Crippen molar-refractivity contribution in [2.75, 3.05) is 114 Å². The molecule has 15 rings (SSSR count). The van der Waals surface area contributed by atoms with Crippen molar-refractivity contribution in [1.29, 1.82) is 0 Å². The molecule has 9 atom stereocenters. The lowest BCUT2D eigenvalue weighted by Crippen LogP contribution is -2.51. The predicted octanol–water partition coefficient (Wildman–Crippen LogP) is 7.99. The molecule has 31 nitrogen and oxygen atoms in total. The number of hydrogen-bond acceptors (Lipinski definition) is 24. The van der Waals surface area contributed by atoms with Crippen LogP contribution in [0.1, 0.15) is 139 Å². The van der Waals surface area contributed by atoms with E-state index in [2.05, 4.69) is 67.5 Å². The molecule has 3 aliphatic carbocycles. The summed E-state index contributed by atoms with van der Waals surface area (Å²) in [5.74, 6) is 3.46. The SMILES string of the molecule is CNc1cc(Nc2cccn([C@@H]3CCCOC3)c2=O)nc2c(C(=O)C[C@@H]3CC[C@H]3OC)cnn12.CNc1cc(Nc2cccn([C@@H]3CCCOC3)c2=O)nc2c(C(=O)C[C@@H]3CC[C@H]3OC)cnn12.CNc1cc(Nc2cccn([C@@H]3CCCOC3)c2=O)nc2c(C(=O)N[C@H]3CC[C@@H]3OC)cnn12. The van der Waals surface area contributed by atoms with Crippen LogP contribution in [-0.4, -0.2) is 181 Å². The fourth-order valence-corrected chi connectivity index (χ4v) is 14.1. The minimum absolute atomic E-state index is 0.00665. The Hall–Kier alpha value is -9.92. The molecule has 0 radical (unpaired) electrons. The minimum atomic E-state index is -0.257. The van der Waals surface area contributed by atoms with E-state index >= 15 is 0 Å². The maximum Gasteiger partial charge on any atom is 0.274 e. The lowest BCUT2D eigenvalue weighted by Gasteiger charge is -2.35. The predicted molar refractivity (Wildman–Crippen MR) is 383 cm³/mol. The van der Waals surface area contributed by atoms with Crippen LogP contribution in [0.2, 0.25) is 0 Å². The van der Waals surface area contributed by atoms with E-state index in [0.717, 1.165) is 96.9 Å². The number of amides is 1. The third kappa shape index (κ3) is 15.0. The molecule has 0 unspecified atom stereocenters. The van der Waals surface area contributed by atoms with Gasteiger partial charge in [0.1, 0.15) is 57.5 Å². The Labute approximate surface area is 587 Å². The van der Waals surface area contributed by atoms with Crippen molar-refractivity contribution in [1.82, 2.24) is 62.8 Å². The highest BCUT2D eigenvalue weighted by molar-refractivity contribution is 6.03. The van der Waals surface area contributed by atoms with E-state index < -0.39 is 0 Å². The Kier molecular flexibility index (Phi) is 22.1. The number of methoxy groups -OCH3 is 3. The van der Waals surface area contributed by atoms with E-state index in [0.29, 0.717) is 118 Å². The molecular weight excluding hydrogens is 1310 g/mol. The minimum Gasteiger partial charge on any atom is -0.381 e. The summed E-state index contributed by atoms with van der Waals surface area (Å²) in [6.45, 7) is 3.79. The molecule has 1 amide bonds. The van der Waals surface area contributed by atoms with Gasteiger partial charge < -0.3 is 79.3 Å². The Balaban J connectivity index is 0.000000137. The zero-order chi connectivity index (χ0) is 71.0. The maximum atomic E-state index is 13.2. The first-order chi connectivity index (χ1) is 49.8. The summed E-state index contributed by atoms with van der Waals surface area (Å²) in [7, 11) is 10.3. The van der Waals surface area contributed by atoms with Crippen molar-refractivity contribution in [3.8, 4) is 0 Å². The number of nitrogens with zero attached hydrogens (tertiary/aromatic N) is 12. The van der Waals surface area contributed by atoms with Crippen LogP contribution in [0.15, 0.2) is 106 Å². The summed E-state index contributed by atoms with van der Waals surface area (Å²) in [6.07, 6.45) is 22.4. The third-order valence-corrected chi connectivity index (χ3v) is 20.4. The first kappa shape index (κ1) is 70.5. The third-order valence-electron chi connectivity index (χ3n) is 20.4. The second-order valence-corrected chi connectivity index (χ2v) is 26.5. The quantitative estimate of drug-likeness (QED) is 0.0298. The number of rotatable bonds is 23. The van der Waals surface area contributed by atoms with Crippen molar-refractivity contribution in [2.24, 2.45) is 11.8 Å². The largest absolute Gasteiger partial charge is 0.381 e. The number of ketones is 2. The number of hydrogen-bond donors (Lipinski definition) is 7. The molecule has 0 bridgehead atoms. The van der Waals surface area contributed by atoms with E-state index in [1.54, 1.807) is 137 Å². The Bertz CT molecular complexity index is 4190. The summed E-state index contributed by atoms with van der Waals surface area (Å²) in [5.41, 5.74) is 3.38. The number of carbonyl (C=O) groups is 3. The summed E-state index contributed by atoms with van der Waals surface area (Å²) in [6, 6.07) is 16.0. The lowest BCUT2D eigenvalue weighted by molar-refractivity contribution is -0.0171. The first-order valence-electron chi connectivity index (χ1n) is 35.1. The van der Waals surface area contributed by atoms with Crippen molar-refractivity contribution in [2.45, 2.75) is 132 Å². The second kappa shape index (κ2) is 32.0. The number of nitrogens with one attached hydrogen (secondary N) is 7. The van der Waals surface area contributed by atoms with Gasteiger partial charge in [0.2, 0.25) is 0 Å². The van der Waals surface area contributed by atoms with Gasteiger partial charge in [0.05, 0.1) is 92.0 Å². The second-order valence-electron chi connectivity index (χ2n) is 26.5. The summed E-state index contributed by atoms with van der Waals surface area (Å²) < 4.78 is 42.9. The van der Waals surface area contributed by atoms with Crippen molar-refractivity contribution >= 4 is 86.4 Å². The van der Waals surface area contributed by atoms with Crippen molar-refractivity contribution in [3.05, 3.63) is 140 Å². The van der Waals surface area contributed by atoms with Crippen LogP contribution in [0.3, 0.4) is 0 Å². The number of Topliss-reactive ketones (excluding diaryl/α,β-unsaturated/α-hetero) is 2. The summed E-state index contributed by atoms with van der Waals surface area (Å²) in [5, 5.41) is 34.8. The van der Waals surface area contributed by atoms with E-state index in [9.17, 15) is 28.8 Å². The Morgan fingerprint density at radius 2 is 0.824 bits per heavy atom. The van der Waals surface area contributed by atoms with Gasteiger partial charge in [-0.25, -0.2) is 15.0 Å². The number of carbonyl (C=O) groups excluding carboxylic acids is 3. The van der Waals surface area contributed by atoms with Gasteiger partial charge in [-0.05, 0) is 125 Å². The molecule has 3 aliphatic heterocycles. The van der Waals surface area contributed by atoms with Crippen LogP contribution in [0.25, 0.3) is 16.9 Å². The number of fused-ring (bicyclic) bond motifs is 3. The van der Waals surface area contributed by atoms with E-state index in [1.165, 1.54) is 6.20 Å². The molecule has 3 saturated heterocycles. The van der Waals surface area contributed by atoms with Gasteiger partial charge in [0.25, 0.3) is 22.6 Å². The average molecular weight is 1400 g/mol. The highest BCUT2D eigenvalue weighted by Crippen LogP contribution is 2.36. The van der Waals surface area contributed by atoms with Crippen molar-refractivity contribution < 1.29 is 42.8 Å². The molecule has 6 fully saturated rings. The van der Waals surface area contributed by atoms with E-state index in [1.807, 2.05) is 18.2 Å². The van der Waals surface area contributed by atoms with Gasteiger partial charge in [-0.15, -0.1) is 0 Å². The van der Waals surface area contributed by atoms with Crippen molar-refractivity contribution in [3.63, 3.8) is 0 Å². The molecule has 6 aliphatic rings. The molecule has 9 aromatic rings. The number of anilines is 9. The molecule has 9 aromatic heterocycles. The molecule has 12 heterocycles. The topological polar surface area (TPSA) is 347 Å². The summed E-state index contributed by atoms with van der Waals surface area (Å²) in [4.78, 5) is 92.5. The zero-order valence-electron chi connectivity index (χ0n) is 58.3.